The quantitative estimate of drug-likeness (QED) is 0.701. The highest BCUT2D eigenvalue weighted by molar-refractivity contribution is 5.87. The highest BCUT2D eigenvalue weighted by Crippen LogP contribution is 2.53. The summed E-state index contributed by atoms with van der Waals surface area (Å²) in [6.45, 7) is 10.6. The minimum Gasteiger partial charge on any atom is -0.350 e. The molecule has 3 heterocycles. The van der Waals surface area contributed by atoms with Crippen LogP contribution in [0, 0.1) is 30.6 Å². The second kappa shape index (κ2) is 8.64. The topological polar surface area (TPSA) is 44.4 Å². The summed E-state index contributed by atoms with van der Waals surface area (Å²) in [6.07, 6.45) is 1.91. The van der Waals surface area contributed by atoms with Crippen molar-refractivity contribution >= 4 is 5.91 Å². The number of amides is 1. The van der Waals surface area contributed by atoms with Crippen molar-refractivity contribution in [3.63, 3.8) is 0 Å². The molecule has 2 N–H and O–H groups in total. The molecule has 2 aromatic carbocycles. The molecule has 0 aromatic heterocycles. The fourth-order valence-corrected chi connectivity index (χ4v) is 6.74. The molecular weight excluding hydrogens is 394 g/mol. The van der Waals surface area contributed by atoms with Crippen molar-refractivity contribution in [3.8, 4) is 0 Å². The molecule has 5 atom stereocenters. The van der Waals surface area contributed by atoms with Crippen molar-refractivity contribution in [1.82, 2.24) is 15.5 Å². The zero-order valence-electron chi connectivity index (χ0n) is 19.7. The van der Waals surface area contributed by atoms with Crippen LogP contribution in [-0.2, 0) is 17.8 Å². The zero-order chi connectivity index (χ0) is 22.3. The maximum absolute atomic E-state index is 13.9. The van der Waals surface area contributed by atoms with Crippen molar-refractivity contribution in [2.45, 2.75) is 51.7 Å². The number of likely N-dealkylation sites (tertiary alicyclic amines) is 1. The van der Waals surface area contributed by atoms with E-state index in [1.54, 1.807) is 0 Å². The summed E-state index contributed by atoms with van der Waals surface area (Å²) in [5.74, 6) is 2.41. The second-order valence-corrected chi connectivity index (χ2v) is 10.8. The van der Waals surface area contributed by atoms with E-state index in [4.69, 9.17) is 0 Å². The van der Waals surface area contributed by atoms with Gasteiger partial charge in [-0.3, -0.25) is 9.69 Å². The van der Waals surface area contributed by atoms with E-state index < -0.39 is 5.54 Å². The van der Waals surface area contributed by atoms with Gasteiger partial charge in [0.15, 0.2) is 0 Å². The summed E-state index contributed by atoms with van der Waals surface area (Å²) < 4.78 is 0. The lowest BCUT2D eigenvalue weighted by Gasteiger charge is -2.56. The number of hydrogen-bond donors (Lipinski definition) is 2. The predicted octanol–water partition coefficient (Wildman–Crippen LogP) is 3.79. The summed E-state index contributed by atoms with van der Waals surface area (Å²) in [4.78, 5) is 16.6. The van der Waals surface area contributed by atoms with Gasteiger partial charge >= 0.3 is 0 Å². The average molecular weight is 432 g/mol. The van der Waals surface area contributed by atoms with Crippen LogP contribution in [-0.4, -0.2) is 42.0 Å². The lowest BCUT2D eigenvalue weighted by Crippen LogP contribution is -2.74. The minimum absolute atomic E-state index is 0.193. The van der Waals surface area contributed by atoms with E-state index in [-0.39, 0.29) is 5.91 Å². The standard InChI is InChI=1S/C28H37N3O/c1-19(2)17-31-18-23-14-28(27(32)29-15-22-11-9-20(3)10-12-22)25(26(31)24(23)16-30-28)13-21-7-5-4-6-8-21/h4-12,19,23-26,30H,13-18H2,1-3H3,(H,29,32)/t23-,24-,25-,26+,28+/m1/s1. The number of hydrogen-bond acceptors (Lipinski definition) is 3. The molecule has 6 rings (SSSR count). The number of fused-ring (bicyclic) bond motifs is 1. The molecule has 4 fully saturated rings. The predicted molar refractivity (Wildman–Crippen MR) is 129 cm³/mol. The Hall–Kier alpha value is -2.17. The molecule has 4 aliphatic rings. The summed E-state index contributed by atoms with van der Waals surface area (Å²) in [5, 5.41) is 7.11. The molecule has 0 spiro atoms. The van der Waals surface area contributed by atoms with E-state index in [9.17, 15) is 4.79 Å². The van der Waals surface area contributed by atoms with Gasteiger partial charge in [0, 0.05) is 38.1 Å². The largest absolute Gasteiger partial charge is 0.350 e. The molecule has 1 amide bonds. The van der Waals surface area contributed by atoms with Gasteiger partial charge < -0.3 is 10.6 Å². The van der Waals surface area contributed by atoms with E-state index in [1.807, 2.05) is 0 Å². The number of piperidine rings is 2. The first-order valence-electron chi connectivity index (χ1n) is 12.3. The Morgan fingerprint density at radius 2 is 1.88 bits per heavy atom. The van der Waals surface area contributed by atoms with Gasteiger partial charge in [-0.15, -0.1) is 0 Å². The number of aryl methyl sites for hydroxylation is 1. The summed E-state index contributed by atoms with van der Waals surface area (Å²) in [6, 6.07) is 19.7. The van der Waals surface area contributed by atoms with Crippen LogP contribution in [0.1, 0.15) is 37.0 Å². The summed E-state index contributed by atoms with van der Waals surface area (Å²) in [7, 11) is 0. The van der Waals surface area contributed by atoms with Crippen molar-refractivity contribution in [2.75, 3.05) is 19.6 Å². The number of carbonyl (C=O) groups excluding carboxylic acids is 1. The third-order valence-electron chi connectivity index (χ3n) is 8.09. The number of nitrogens with one attached hydrogen (secondary N) is 2. The number of rotatable bonds is 7. The third kappa shape index (κ3) is 3.88. The summed E-state index contributed by atoms with van der Waals surface area (Å²) >= 11 is 0. The lowest BCUT2D eigenvalue weighted by atomic mass is 9.58. The monoisotopic (exact) mass is 431 g/mol. The molecular formula is C28H37N3O. The molecule has 4 nitrogen and oxygen atoms in total. The lowest BCUT2D eigenvalue weighted by molar-refractivity contribution is -0.138. The van der Waals surface area contributed by atoms with Crippen LogP contribution in [0.5, 0.6) is 0 Å². The number of carbonyl (C=O) groups is 1. The molecule has 0 radical (unpaired) electrons. The van der Waals surface area contributed by atoms with Crippen LogP contribution in [0.2, 0.25) is 0 Å². The van der Waals surface area contributed by atoms with E-state index in [0.717, 1.165) is 38.0 Å². The van der Waals surface area contributed by atoms with E-state index in [2.05, 4.69) is 90.9 Å². The van der Waals surface area contributed by atoms with Crippen molar-refractivity contribution < 1.29 is 4.79 Å². The second-order valence-electron chi connectivity index (χ2n) is 10.8. The first kappa shape index (κ1) is 21.7. The molecule has 0 unspecified atom stereocenters. The van der Waals surface area contributed by atoms with Gasteiger partial charge in [0.1, 0.15) is 5.54 Å². The van der Waals surface area contributed by atoms with Gasteiger partial charge in [-0.25, -0.2) is 0 Å². The maximum Gasteiger partial charge on any atom is 0.240 e. The van der Waals surface area contributed by atoms with Gasteiger partial charge in [0.2, 0.25) is 5.91 Å². The molecule has 3 aliphatic heterocycles. The van der Waals surface area contributed by atoms with Gasteiger partial charge in [-0.05, 0) is 48.6 Å². The Balaban J connectivity index is 1.43. The van der Waals surface area contributed by atoms with Crippen LogP contribution >= 0.6 is 0 Å². The van der Waals surface area contributed by atoms with E-state index in [0.29, 0.717) is 36.3 Å². The minimum atomic E-state index is -0.476. The first-order valence-corrected chi connectivity index (χ1v) is 12.3. The van der Waals surface area contributed by atoms with Crippen LogP contribution < -0.4 is 10.6 Å². The Labute approximate surface area is 192 Å². The Bertz CT molecular complexity index is 941. The normalized spacial score (nSPS) is 31.2. The Morgan fingerprint density at radius 1 is 1.12 bits per heavy atom. The summed E-state index contributed by atoms with van der Waals surface area (Å²) in [5.41, 5.74) is 3.27. The fourth-order valence-electron chi connectivity index (χ4n) is 6.74. The highest BCUT2D eigenvalue weighted by atomic mass is 16.2. The molecule has 4 heteroatoms. The molecule has 170 valence electrons. The average Bonchev–Trinajstić information content (AvgIpc) is 3.08. The Kier molecular flexibility index (Phi) is 5.85. The smallest absolute Gasteiger partial charge is 0.240 e. The molecule has 3 saturated heterocycles. The van der Waals surface area contributed by atoms with Crippen molar-refractivity contribution in [2.24, 2.45) is 23.7 Å². The third-order valence-corrected chi connectivity index (χ3v) is 8.09. The fraction of sp³-hybridized carbons (Fsp3) is 0.536. The van der Waals surface area contributed by atoms with Crippen LogP contribution in [0.15, 0.2) is 54.6 Å². The van der Waals surface area contributed by atoms with Crippen LogP contribution in [0.4, 0.5) is 0 Å². The van der Waals surface area contributed by atoms with E-state index >= 15 is 0 Å². The van der Waals surface area contributed by atoms with Gasteiger partial charge in [0.25, 0.3) is 0 Å². The van der Waals surface area contributed by atoms with Gasteiger partial charge in [-0.1, -0.05) is 74.0 Å². The van der Waals surface area contributed by atoms with Gasteiger partial charge in [0.05, 0.1) is 0 Å². The van der Waals surface area contributed by atoms with Gasteiger partial charge in [-0.2, -0.15) is 0 Å². The molecule has 1 saturated carbocycles. The first-order chi connectivity index (χ1) is 15.5. The van der Waals surface area contributed by atoms with Crippen molar-refractivity contribution in [1.29, 1.82) is 0 Å². The Morgan fingerprint density at radius 3 is 2.59 bits per heavy atom. The van der Waals surface area contributed by atoms with E-state index in [1.165, 1.54) is 11.1 Å². The molecule has 32 heavy (non-hydrogen) atoms. The zero-order valence-corrected chi connectivity index (χ0v) is 19.7. The molecule has 2 aromatic rings. The van der Waals surface area contributed by atoms with Crippen LogP contribution in [0.25, 0.3) is 0 Å². The maximum atomic E-state index is 13.9. The highest BCUT2D eigenvalue weighted by Gasteiger charge is 2.64. The molecule has 4 bridgehead atoms. The molecule has 1 aliphatic carbocycles. The number of nitrogens with zero attached hydrogens (tertiary/aromatic N) is 1. The SMILES string of the molecule is Cc1ccc(CNC(=O)[C@@]23C[C@@H]4CN(CC(C)C)[C@@H]([C@@H]4CN2)[C@H]3Cc2ccccc2)cc1. The van der Waals surface area contributed by atoms with Crippen molar-refractivity contribution in [3.05, 3.63) is 71.3 Å². The van der Waals surface area contributed by atoms with Crippen LogP contribution in [0.3, 0.4) is 0 Å². The number of benzene rings is 2.